The topological polar surface area (TPSA) is 34.9 Å². The fraction of sp³-hybridized carbons (Fsp3) is 0.231. The second kappa shape index (κ2) is 5.71. The van der Waals surface area contributed by atoms with E-state index in [4.69, 9.17) is 0 Å². The second-order valence-electron chi connectivity index (χ2n) is 3.95. The lowest BCUT2D eigenvalue weighted by Gasteiger charge is -2.04. The molecule has 0 radical (unpaired) electrons. The molecule has 0 amide bonds. The van der Waals surface area contributed by atoms with Crippen LogP contribution in [0.15, 0.2) is 33.6 Å². The summed E-state index contributed by atoms with van der Waals surface area (Å²) in [5.74, 6) is 0.820. The average Bonchev–Trinajstić information content (AvgIpc) is 2.61. The van der Waals surface area contributed by atoms with Gasteiger partial charge in [-0.05, 0) is 35.0 Å². The molecule has 94 valence electrons. The summed E-state index contributed by atoms with van der Waals surface area (Å²) in [7, 11) is 1.94. The Morgan fingerprint density at radius 3 is 2.89 bits per heavy atom. The summed E-state index contributed by atoms with van der Waals surface area (Å²) < 4.78 is 2.94. The molecule has 2 aromatic rings. The highest BCUT2D eigenvalue weighted by molar-refractivity contribution is 9.10. The Kier molecular flexibility index (Phi) is 4.24. The summed E-state index contributed by atoms with van der Waals surface area (Å²) in [6.45, 7) is 1.98. The van der Waals surface area contributed by atoms with Gasteiger partial charge in [0.25, 0.3) is 0 Å². The molecular weight excluding hydrogens is 312 g/mol. The maximum absolute atomic E-state index is 10.7. The molecule has 0 saturated carbocycles. The summed E-state index contributed by atoms with van der Waals surface area (Å²) in [5.41, 5.74) is 2.85. The number of aldehydes is 1. The Bertz CT molecular complexity index is 580. The molecule has 0 aliphatic rings. The Morgan fingerprint density at radius 2 is 2.28 bits per heavy atom. The first-order valence-corrected chi connectivity index (χ1v) is 7.25. The number of hydrogen-bond acceptors (Lipinski definition) is 3. The van der Waals surface area contributed by atoms with Gasteiger partial charge < -0.3 is 0 Å². The number of carbonyl (C=O) groups excluding carboxylic acids is 1. The molecule has 0 aliphatic heterocycles. The molecule has 0 spiro atoms. The number of aromatic nitrogens is 2. The number of halogens is 1. The van der Waals surface area contributed by atoms with Crippen molar-refractivity contribution in [1.29, 1.82) is 0 Å². The third-order valence-electron chi connectivity index (χ3n) is 2.63. The monoisotopic (exact) mass is 324 g/mol. The molecule has 0 fully saturated rings. The Balaban J connectivity index is 2.13. The number of rotatable bonds is 4. The van der Waals surface area contributed by atoms with Crippen molar-refractivity contribution in [2.45, 2.75) is 17.6 Å². The van der Waals surface area contributed by atoms with Crippen LogP contribution in [0.5, 0.6) is 0 Å². The van der Waals surface area contributed by atoms with E-state index in [1.54, 1.807) is 17.8 Å². The van der Waals surface area contributed by atoms with Crippen molar-refractivity contribution in [2.75, 3.05) is 0 Å². The van der Waals surface area contributed by atoms with E-state index in [1.807, 2.05) is 36.9 Å². The minimum Gasteiger partial charge on any atom is -0.298 e. The van der Waals surface area contributed by atoms with Crippen molar-refractivity contribution >= 4 is 34.0 Å². The van der Waals surface area contributed by atoms with Crippen LogP contribution < -0.4 is 0 Å². The largest absolute Gasteiger partial charge is 0.298 e. The van der Waals surface area contributed by atoms with Gasteiger partial charge >= 0.3 is 0 Å². The highest BCUT2D eigenvalue weighted by Gasteiger charge is 2.10. The van der Waals surface area contributed by atoms with E-state index in [1.165, 1.54) is 0 Å². The smallest absolute Gasteiger partial charge is 0.150 e. The van der Waals surface area contributed by atoms with Crippen LogP contribution in [0.1, 0.15) is 21.7 Å². The van der Waals surface area contributed by atoms with Crippen molar-refractivity contribution in [3.63, 3.8) is 0 Å². The summed E-state index contributed by atoms with van der Waals surface area (Å²) in [4.78, 5) is 11.8. The molecule has 0 N–H and O–H groups in total. The van der Waals surface area contributed by atoms with Gasteiger partial charge in [-0.15, -0.1) is 11.8 Å². The van der Waals surface area contributed by atoms with Crippen molar-refractivity contribution in [3.8, 4) is 0 Å². The molecular formula is C13H13BrN2OS. The van der Waals surface area contributed by atoms with Gasteiger partial charge in [0.1, 0.15) is 6.29 Å². The highest BCUT2D eigenvalue weighted by atomic mass is 79.9. The van der Waals surface area contributed by atoms with Gasteiger partial charge in [-0.25, -0.2) is 0 Å². The first-order chi connectivity index (χ1) is 8.61. The minimum absolute atomic E-state index is 0.709. The minimum atomic E-state index is 0.709. The van der Waals surface area contributed by atoms with Crippen LogP contribution >= 0.6 is 27.7 Å². The summed E-state index contributed by atoms with van der Waals surface area (Å²) >= 11 is 5.24. The molecule has 0 unspecified atom stereocenters. The normalized spacial score (nSPS) is 10.6. The van der Waals surface area contributed by atoms with Gasteiger partial charge in [-0.1, -0.05) is 12.1 Å². The molecule has 2 rings (SSSR count). The third kappa shape index (κ3) is 2.84. The third-order valence-corrected chi connectivity index (χ3v) is 4.67. The van der Waals surface area contributed by atoms with E-state index in [0.717, 1.165) is 32.8 Å². The SMILES string of the molecule is Cc1nn(C)c(CSc2cccc(C=O)c2)c1Br. The molecule has 0 atom stereocenters. The van der Waals surface area contributed by atoms with Crippen LogP contribution in [0.3, 0.4) is 0 Å². The number of nitrogens with zero attached hydrogens (tertiary/aromatic N) is 2. The van der Waals surface area contributed by atoms with Crippen LogP contribution in [-0.4, -0.2) is 16.1 Å². The van der Waals surface area contributed by atoms with E-state index in [-0.39, 0.29) is 0 Å². The number of carbonyl (C=O) groups is 1. The van der Waals surface area contributed by atoms with Gasteiger partial charge in [-0.2, -0.15) is 5.10 Å². The summed E-state index contributed by atoms with van der Waals surface area (Å²) in [5, 5.41) is 4.36. The first-order valence-electron chi connectivity index (χ1n) is 5.48. The van der Waals surface area contributed by atoms with Crippen molar-refractivity contribution in [1.82, 2.24) is 9.78 Å². The molecule has 1 heterocycles. The van der Waals surface area contributed by atoms with E-state index in [9.17, 15) is 4.79 Å². The average molecular weight is 325 g/mol. The quantitative estimate of drug-likeness (QED) is 0.636. The number of thioether (sulfide) groups is 1. The fourth-order valence-electron chi connectivity index (χ4n) is 1.67. The van der Waals surface area contributed by atoms with Crippen molar-refractivity contribution < 1.29 is 4.79 Å². The lowest BCUT2D eigenvalue weighted by atomic mass is 10.2. The van der Waals surface area contributed by atoms with Gasteiger partial charge in [0, 0.05) is 23.3 Å². The highest BCUT2D eigenvalue weighted by Crippen LogP contribution is 2.28. The van der Waals surface area contributed by atoms with Crippen LogP contribution in [0, 0.1) is 6.92 Å². The summed E-state index contributed by atoms with van der Waals surface area (Å²) in [6, 6.07) is 7.61. The van der Waals surface area contributed by atoms with Crippen LogP contribution in [0.2, 0.25) is 0 Å². The zero-order chi connectivity index (χ0) is 13.1. The first kappa shape index (κ1) is 13.4. The maximum atomic E-state index is 10.7. The molecule has 1 aromatic carbocycles. The Hall–Kier alpha value is -1.07. The molecule has 3 nitrogen and oxygen atoms in total. The predicted octanol–water partition coefficient (Wildman–Crippen LogP) is 3.60. The van der Waals surface area contributed by atoms with Crippen LogP contribution in [0.25, 0.3) is 0 Å². The Morgan fingerprint density at radius 1 is 1.50 bits per heavy atom. The van der Waals surface area contributed by atoms with E-state index in [0.29, 0.717) is 5.56 Å². The van der Waals surface area contributed by atoms with E-state index < -0.39 is 0 Å². The predicted molar refractivity (Wildman–Crippen MR) is 77.0 cm³/mol. The lowest BCUT2D eigenvalue weighted by molar-refractivity contribution is 0.112. The molecule has 1 aromatic heterocycles. The standard InChI is InChI=1S/C13H13BrN2OS/c1-9-13(14)12(16(2)15-9)8-18-11-5-3-4-10(6-11)7-17/h3-7H,8H2,1-2H3. The molecule has 0 saturated heterocycles. The number of hydrogen-bond donors (Lipinski definition) is 0. The van der Waals surface area contributed by atoms with Crippen LogP contribution in [-0.2, 0) is 12.8 Å². The van der Waals surface area contributed by atoms with Gasteiger partial charge in [-0.3, -0.25) is 9.48 Å². The summed E-state index contributed by atoms with van der Waals surface area (Å²) in [6.07, 6.45) is 0.869. The van der Waals surface area contributed by atoms with Crippen LogP contribution in [0.4, 0.5) is 0 Å². The number of aryl methyl sites for hydroxylation is 2. The molecule has 5 heteroatoms. The van der Waals surface area contributed by atoms with E-state index >= 15 is 0 Å². The van der Waals surface area contributed by atoms with Crippen molar-refractivity contribution in [3.05, 3.63) is 45.7 Å². The molecule has 18 heavy (non-hydrogen) atoms. The van der Waals surface area contributed by atoms with Crippen molar-refractivity contribution in [2.24, 2.45) is 7.05 Å². The second-order valence-corrected chi connectivity index (χ2v) is 5.79. The van der Waals surface area contributed by atoms with Gasteiger partial charge in [0.15, 0.2) is 0 Å². The van der Waals surface area contributed by atoms with E-state index in [2.05, 4.69) is 21.0 Å². The zero-order valence-electron chi connectivity index (χ0n) is 10.2. The molecule has 0 bridgehead atoms. The fourth-order valence-corrected chi connectivity index (χ4v) is 3.36. The van der Waals surface area contributed by atoms with Gasteiger partial charge in [0.05, 0.1) is 15.9 Å². The zero-order valence-corrected chi connectivity index (χ0v) is 12.6. The van der Waals surface area contributed by atoms with Gasteiger partial charge in [0.2, 0.25) is 0 Å². The number of benzene rings is 1. The Labute approximate surface area is 119 Å². The molecule has 0 aliphatic carbocycles. The lowest BCUT2D eigenvalue weighted by Crippen LogP contribution is -1.96. The maximum Gasteiger partial charge on any atom is 0.150 e.